The predicted molar refractivity (Wildman–Crippen MR) is 83.4 cm³/mol. The van der Waals surface area contributed by atoms with Crippen molar-refractivity contribution in [2.45, 2.75) is 18.9 Å². The molecule has 2 rings (SSSR count). The van der Waals surface area contributed by atoms with Crippen LogP contribution in [0.5, 0.6) is 5.75 Å². The lowest BCUT2D eigenvalue weighted by atomic mass is 9.99. The molecule has 1 aliphatic rings. The van der Waals surface area contributed by atoms with E-state index in [9.17, 15) is 5.11 Å². The Morgan fingerprint density at radius 2 is 2.24 bits per heavy atom. The molecule has 5 heteroatoms. The van der Waals surface area contributed by atoms with Crippen molar-refractivity contribution in [1.29, 1.82) is 0 Å². The zero-order chi connectivity index (χ0) is 15.1. The second-order valence-corrected chi connectivity index (χ2v) is 5.73. The zero-order valence-corrected chi connectivity index (χ0v) is 12.7. The minimum Gasteiger partial charge on any atom is -0.489 e. The Hall–Kier alpha value is -1.30. The molecule has 0 aliphatic carbocycles. The quantitative estimate of drug-likeness (QED) is 0.743. The zero-order valence-electron chi connectivity index (χ0n) is 12.7. The van der Waals surface area contributed by atoms with Gasteiger partial charge in [0.1, 0.15) is 18.5 Å². The van der Waals surface area contributed by atoms with Crippen LogP contribution in [0.15, 0.2) is 24.3 Å². The molecule has 0 amide bonds. The van der Waals surface area contributed by atoms with Crippen LogP contribution in [0.3, 0.4) is 0 Å². The van der Waals surface area contributed by atoms with Crippen LogP contribution in [0.25, 0.3) is 0 Å². The largest absolute Gasteiger partial charge is 0.489 e. The molecule has 1 aliphatic heterocycles. The van der Waals surface area contributed by atoms with Crippen molar-refractivity contribution in [1.82, 2.24) is 4.90 Å². The third kappa shape index (κ3) is 5.19. The van der Waals surface area contributed by atoms with Crippen LogP contribution in [-0.2, 0) is 4.74 Å². The van der Waals surface area contributed by atoms with Gasteiger partial charge in [-0.1, -0.05) is 12.1 Å². The molecule has 0 saturated carbocycles. The minimum atomic E-state index is -0.508. The predicted octanol–water partition coefficient (Wildman–Crippen LogP) is 1.37. The Morgan fingerprint density at radius 1 is 1.43 bits per heavy atom. The van der Waals surface area contributed by atoms with E-state index in [2.05, 4.69) is 4.90 Å². The summed E-state index contributed by atoms with van der Waals surface area (Å²) in [5.41, 5.74) is 6.41. The average Bonchev–Trinajstić information content (AvgIpc) is 2.47. The number of hydrogen-bond donors (Lipinski definition) is 2. The van der Waals surface area contributed by atoms with E-state index in [1.54, 1.807) is 13.2 Å². The lowest BCUT2D eigenvalue weighted by molar-refractivity contribution is 0.0372. The number of nitrogens with two attached hydrogens (primary N) is 1. The summed E-state index contributed by atoms with van der Waals surface area (Å²) in [4.78, 5) is 2.29. The number of hydrogen-bond acceptors (Lipinski definition) is 5. The Labute approximate surface area is 126 Å². The van der Waals surface area contributed by atoms with E-state index in [4.69, 9.17) is 15.2 Å². The number of ether oxygens (including phenoxy) is 2. The molecular weight excluding hydrogens is 268 g/mol. The van der Waals surface area contributed by atoms with Gasteiger partial charge < -0.3 is 25.2 Å². The van der Waals surface area contributed by atoms with Gasteiger partial charge in [-0.2, -0.15) is 0 Å². The number of aliphatic hydroxyl groups excluding tert-OH is 1. The second-order valence-electron chi connectivity index (χ2n) is 5.73. The van der Waals surface area contributed by atoms with E-state index in [0.717, 1.165) is 26.1 Å². The van der Waals surface area contributed by atoms with Crippen molar-refractivity contribution in [3.05, 3.63) is 24.3 Å². The molecule has 118 valence electrons. The molecule has 1 fully saturated rings. The van der Waals surface area contributed by atoms with Gasteiger partial charge in [0.25, 0.3) is 0 Å². The molecule has 2 unspecified atom stereocenters. The van der Waals surface area contributed by atoms with E-state index in [0.29, 0.717) is 23.9 Å². The smallest absolute Gasteiger partial charge is 0.142 e. The van der Waals surface area contributed by atoms with Crippen molar-refractivity contribution in [2.75, 3.05) is 45.7 Å². The normalized spacial score (nSPS) is 21.1. The Kier molecular flexibility index (Phi) is 6.29. The fraction of sp³-hybridized carbons (Fsp3) is 0.625. The van der Waals surface area contributed by atoms with Crippen LogP contribution in [0.1, 0.15) is 12.8 Å². The van der Waals surface area contributed by atoms with Crippen LogP contribution in [0, 0.1) is 5.92 Å². The lowest BCUT2D eigenvalue weighted by Crippen LogP contribution is -2.42. The van der Waals surface area contributed by atoms with Crippen molar-refractivity contribution in [3.63, 3.8) is 0 Å². The maximum absolute atomic E-state index is 10.1. The van der Waals surface area contributed by atoms with Crippen molar-refractivity contribution in [3.8, 4) is 5.75 Å². The van der Waals surface area contributed by atoms with Gasteiger partial charge in [0.05, 0.1) is 12.3 Å². The van der Waals surface area contributed by atoms with Gasteiger partial charge >= 0.3 is 0 Å². The summed E-state index contributed by atoms with van der Waals surface area (Å²) < 4.78 is 10.8. The molecule has 0 aromatic heterocycles. The number of rotatable bonds is 7. The maximum atomic E-state index is 10.1. The van der Waals surface area contributed by atoms with Gasteiger partial charge in [0, 0.05) is 20.2 Å². The van der Waals surface area contributed by atoms with Crippen molar-refractivity contribution >= 4 is 5.69 Å². The molecule has 1 aromatic rings. The number of anilines is 1. The first kappa shape index (κ1) is 16.1. The summed E-state index contributed by atoms with van der Waals surface area (Å²) in [5.74, 6) is 1.20. The Balaban J connectivity index is 1.74. The number of aliphatic hydroxyl groups is 1. The fourth-order valence-electron chi connectivity index (χ4n) is 2.84. The van der Waals surface area contributed by atoms with Gasteiger partial charge in [0.15, 0.2) is 0 Å². The highest BCUT2D eigenvalue weighted by Gasteiger charge is 2.21. The summed E-state index contributed by atoms with van der Waals surface area (Å²) in [6.07, 6.45) is 1.86. The molecule has 0 bridgehead atoms. The number of benzene rings is 1. The van der Waals surface area contributed by atoms with E-state index < -0.39 is 6.10 Å². The standard InChI is InChI=1S/C16H26N2O3/c1-20-11-13-5-4-8-18(9-13)10-14(19)12-21-16-7-3-2-6-15(16)17/h2-3,6-7,13-14,19H,4-5,8-12,17H2,1H3. The van der Waals surface area contributed by atoms with E-state index >= 15 is 0 Å². The summed E-state index contributed by atoms with van der Waals surface area (Å²) in [7, 11) is 1.74. The Morgan fingerprint density at radius 3 is 3.00 bits per heavy atom. The highest BCUT2D eigenvalue weighted by atomic mass is 16.5. The number of piperidine rings is 1. The average molecular weight is 294 g/mol. The summed E-state index contributed by atoms with van der Waals surface area (Å²) in [5, 5.41) is 10.1. The number of nitrogen functional groups attached to an aromatic ring is 1. The molecule has 3 N–H and O–H groups in total. The molecule has 0 radical (unpaired) electrons. The molecular formula is C16H26N2O3. The van der Waals surface area contributed by atoms with Crippen LogP contribution in [0.2, 0.25) is 0 Å². The number of nitrogens with zero attached hydrogens (tertiary/aromatic N) is 1. The first-order valence-electron chi connectivity index (χ1n) is 7.55. The molecule has 1 heterocycles. The molecule has 5 nitrogen and oxygen atoms in total. The van der Waals surface area contributed by atoms with Crippen LogP contribution < -0.4 is 10.5 Å². The third-order valence-electron chi connectivity index (χ3n) is 3.82. The molecule has 0 spiro atoms. The second kappa shape index (κ2) is 8.22. The highest BCUT2D eigenvalue weighted by molar-refractivity contribution is 5.51. The number of methoxy groups -OCH3 is 1. The molecule has 2 atom stereocenters. The summed E-state index contributed by atoms with van der Waals surface area (Å²) in [6, 6.07) is 7.35. The SMILES string of the molecule is COCC1CCCN(CC(O)COc2ccccc2N)C1. The van der Waals surface area contributed by atoms with Gasteiger partial charge in [0.2, 0.25) is 0 Å². The third-order valence-corrected chi connectivity index (χ3v) is 3.82. The summed E-state index contributed by atoms with van der Waals surface area (Å²) in [6.45, 7) is 3.71. The van der Waals surface area contributed by atoms with E-state index in [-0.39, 0.29) is 6.61 Å². The van der Waals surface area contributed by atoms with Crippen molar-refractivity contribution in [2.24, 2.45) is 5.92 Å². The van der Waals surface area contributed by atoms with Gasteiger partial charge in [-0.3, -0.25) is 0 Å². The van der Waals surface area contributed by atoms with E-state index in [1.807, 2.05) is 18.2 Å². The van der Waals surface area contributed by atoms with Crippen LogP contribution >= 0.6 is 0 Å². The topological polar surface area (TPSA) is 68.0 Å². The fourth-order valence-corrected chi connectivity index (χ4v) is 2.84. The maximum Gasteiger partial charge on any atom is 0.142 e. The first-order valence-corrected chi connectivity index (χ1v) is 7.55. The minimum absolute atomic E-state index is 0.264. The molecule has 21 heavy (non-hydrogen) atoms. The van der Waals surface area contributed by atoms with Crippen LogP contribution in [0.4, 0.5) is 5.69 Å². The monoisotopic (exact) mass is 294 g/mol. The lowest BCUT2D eigenvalue weighted by Gasteiger charge is -2.33. The van der Waals surface area contributed by atoms with E-state index in [1.165, 1.54) is 6.42 Å². The first-order chi connectivity index (χ1) is 10.2. The Bertz CT molecular complexity index is 426. The van der Waals surface area contributed by atoms with Gasteiger partial charge in [-0.25, -0.2) is 0 Å². The molecule has 1 aromatic carbocycles. The number of likely N-dealkylation sites (tertiary alicyclic amines) is 1. The highest BCUT2D eigenvalue weighted by Crippen LogP contribution is 2.20. The van der Waals surface area contributed by atoms with Gasteiger partial charge in [-0.15, -0.1) is 0 Å². The number of para-hydroxylation sites is 2. The van der Waals surface area contributed by atoms with Gasteiger partial charge in [-0.05, 0) is 37.4 Å². The van der Waals surface area contributed by atoms with Crippen LogP contribution in [-0.4, -0.2) is 56.1 Å². The molecule has 1 saturated heterocycles. The van der Waals surface area contributed by atoms with Crippen molar-refractivity contribution < 1.29 is 14.6 Å². The number of β-amino-alcohol motifs (C(OH)–C–C–N with tert-alkyl or cyclic N) is 1. The summed E-state index contributed by atoms with van der Waals surface area (Å²) >= 11 is 0.